The molecule has 1 aromatic carbocycles. The van der Waals surface area contributed by atoms with E-state index in [1.807, 2.05) is 24.3 Å². The second kappa shape index (κ2) is 5.66. The molecule has 0 heterocycles. The van der Waals surface area contributed by atoms with E-state index in [0.717, 1.165) is 18.4 Å². The summed E-state index contributed by atoms with van der Waals surface area (Å²) >= 11 is 0. The molecule has 0 aliphatic heterocycles. The summed E-state index contributed by atoms with van der Waals surface area (Å²) in [6.07, 6.45) is 2.29. The Kier molecular flexibility index (Phi) is 4.50. The number of carbonyl (C=O) groups is 1. The summed E-state index contributed by atoms with van der Waals surface area (Å²) < 4.78 is 5.18. The summed E-state index contributed by atoms with van der Waals surface area (Å²) in [4.78, 5) is 11.0. The first-order valence-corrected chi connectivity index (χ1v) is 5.26. The number of rotatable bonds is 5. The van der Waals surface area contributed by atoms with Crippen molar-refractivity contribution in [2.75, 3.05) is 7.11 Å². The van der Waals surface area contributed by atoms with E-state index in [-0.39, 0.29) is 11.9 Å². The molecule has 0 saturated carbocycles. The number of carbonyl (C=O) groups excluding carboxylic acids is 1. The zero-order valence-electron chi connectivity index (χ0n) is 9.62. The Morgan fingerprint density at radius 3 is 2.40 bits per heavy atom. The maximum atomic E-state index is 11.0. The van der Waals surface area contributed by atoms with Gasteiger partial charge < -0.3 is 4.74 Å². The standard InChI is InChI=1S/C13H18O2/c1-10(15-3)4-5-12-6-8-13(9-7-12)11(2)14/h6-10H,4-5H2,1-3H3. The highest BCUT2D eigenvalue weighted by atomic mass is 16.5. The summed E-state index contributed by atoms with van der Waals surface area (Å²) in [6, 6.07) is 7.79. The molecule has 0 bridgehead atoms. The molecule has 2 heteroatoms. The van der Waals surface area contributed by atoms with E-state index in [1.165, 1.54) is 5.56 Å². The van der Waals surface area contributed by atoms with Gasteiger partial charge in [0.05, 0.1) is 6.10 Å². The fraction of sp³-hybridized carbons (Fsp3) is 0.462. The normalized spacial score (nSPS) is 12.5. The second-order valence-electron chi connectivity index (χ2n) is 3.84. The third-order valence-electron chi connectivity index (χ3n) is 2.60. The first kappa shape index (κ1) is 11.9. The number of hydrogen-bond donors (Lipinski definition) is 0. The molecule has 1 unspecified atom stereocenters. The van der Waals surface area contributed by atoms with Gasteiger partial charge in [0.1, 0.15) is 0 Å². The van der Waals surface area contributed by atoms with Crippen LogP contribution in [0.3, 0.4) is 0 Å². The van der Waals surface area contributed by atoms with Crippen LogP contribution in [-0.2, 0) is 11.2 Å². The van der Waals surface area contributed by atoms with Crippen molar-refractivity contribution in [3.05, 3.63) is 35.4 Å². The van der Waals surface area contributed by atoms with E-state index in [2.05, 4.69) is 6.92 Å². The molecule has 0 fully saturated rings. The molecule has 0 aromatic heterocycles. The summed E-state index contributed by atoms with van der Waals surface area (Å²) in [7, 11) is 1.73. The van der Waals surface area contributed by atoms with Gasteiger partial charge >= 0.3 is 0 Å². The van der Waals surface area contributed by atoms with Crippen LogP contribution >= 0.6 is 0 Å². The Morgan fingerprint density at radius 2 is 1.93 bits per heavy atom. The molecule has 0 spiro atoms. The van der Waals surface area contributed by atoms with Crippen molar-refractivity contribution in [1.29, 1.82) is 0 Å². The molecule has 0 radical (unpaired) electrons. The number of aryl methyl sites for hydroxylation is 1. The predicted octanol–water partition coefficient (Wildman–Crippen LogP) is 2.86. The van der Waals surface area contributed by atoms with E-state index in [4.69, 9.17) is 4.74 Å². The van der Waals surface area contributed by atoms with Crippen molar-refractivity contribution in [3.63, 3.8) is 0 Å². The topological polar surface area (TPSA) is 26.3 Å². The molecular weight excluding hydrogens is 188 g/mol. The lowest BCUT2D eigenvalue weighted by Gasteiger charge is -2.08. The fourth-order valence-electron chi connectivity index (χ4n) is 1.39. The minimum Gasteiger partial charge on any atom is -0.382 e. The zero-order chi connectivity index (χ0) is 11.3. The number of benzene rings is 1. The van der Waals surface area contributed by atoms with Gasteiger partial charge in [-0.1, -0.05) is 24.3 Å². The SMILES string of the molecule is COC(C)CCc1ccc(C(C)=O)cc1. The van der Waals surface area contributed by atoms with Gasteiger partial charge in [-0.25, -0.2) is 0 Å². The lowest BCUT2D eigenvalue weighted by Crippen LogP contribution is -2.05. The number of ketones is 1. The molecule has 0 N–H and O–H groups in total. The van der Waals surface area contributed by atoms with Crippen LogP contribution in [0, 0.1) is 0 Å². The van der Waals surface area contributed by atoms with Crippen LogP contribution in [0.4, 0.5) is 0 Å². The molecule has 0 aliphatic rings. The third kappa shape index (κ3) is 3.84. The highest BCUT2D eigenvalue weighted by molar-refractivity contribution is 5.93. The van der Waals surface area contributed by atoms with Crippen molar-refractivity contribution in [2.45, 2.75) is 32.8 Å². The van der Waals surface area contributed by atoms with Crippen LogP contribution in [0.25, 0.3) is 0 Å². The first-order chi connectivity index (χ1) is 7.13. The molecule has 15 heavy (non-hydrogen) atoms. The van der Waals surface area contributed by atoms with Crippen LogP contribution in [0.5, 0.6) is 0 Å². The van der Waals surface area contributed by atoms with Gasteiger partial charge in [0.2, 0.25) is 0 Å². The highest BCUT2D eigenvalue weighted by Gasteiger charge is 2.02. The van der Waals surface area contributed by atoms with Gasteiger partial charge in [-0.2, -0.15) is 0 Å². The molecular formula is C13H18O2. The molecule has 1 rings (SSSR count). The minimum absolute atomic E-state index is 0.117. The molecule has 0 amide bonds. The molecule has 0 saturated heterocycles. The fourth-order valence-corrected chi connectivity index (χ4v) is 1.39. The average Bonchev–Trinajstić information content (AvgIpc) is 2.26. The second-order valence-corrected chi connectivity index (χ2v) is 3.84. The zero-order valence-corrected chi connectivity index (χ0v) is 9.62. The summed E-state index contributed by atoms with van der Waals surface area (Å²) in [5.74, 6) is 0.117. The van der Waals surface area contributed by atoms with Gasteiger partial charge in [-0.15, -0.1) is 0 Å². The van der Waals surface area contributed by atoms with Gasteiger partial charge in [0.15, 0.2) is 5.78 Å². The maximum Gasteiger partial charge on any atom is 0.159 e. The largest absolute Gasteiger partial charge is 0.382 e. The Hall–Kier alpha value is -1.15. The Bertz CT molecular complexity index is 314. The van der Waals surface area contributed by atoms with E-state index >= 15 is 0 Å². The third-order valence-corrected chi connectivity index (χ3v) is 2.60. The Balaban J connectivity index is 2.53. The van der Waals surface area contributed by atoms with Crippen molar-refractivity contribution in [1.82, 2.24) is 0 Å². The molecule has 0 aliphatic carbocycles. The lowest BCUT2D eigenvalue weighted by atomic mass is 10.0. The van der Waals surface area contributed by atoms with Gasteiger partial charge in [0.25, 0.3) is 0 Å². The van der Waals surface area contributed by atoms with Crippen LogP contribution in [0.1, 0.15) is 36.2 Å². The summed E-state index contributed by atoms with van der Waals surface area (Å²) in [5, 5.41) is 0. The van der Waals surface area contributed by atoms with Crippen LogP contribution in [0.15, 0.2) is 24.3 Å². The van der Waals surface area contributed by atoms with Crippen molar-refractivity contribution >= 4 is 5.78 Å². The van der Waals surface area contributed by atoms with Crippen LogP contribution in [-0.4, -0.2) is 19.0 Å². The van der Waals surface area contributed by atoms with E-state index in [9.17, 15) is 4.79 Å². The number of methoxy groups -OCH3 is 1. The smallest absolute Gasteiger partial charge is 0.159 e. The lowest BCUT2D eigenvalue weighted by molar-refractivity contribution is 0.101. The summed E-state index contributed by atoms with van der Waals surface area (Å²) in [5.41, 5.74) is 2.03. The molecule has 1 aromatic rings. The monoisotopic (exact) mass is 206 g/mol. The van der Waals surface area contributed by atoms with Gasteiger partial charge in [0, 0.05) is 12.7 Å². The number of hydrogen-bond acceptors (Lipinski definition) is 2. The van der Waals surface area contributed by atoms with Crippen LogP contribution in [0.2, 0.25) is 0 Å². The Morgan fingerprint density at radius 1 is 1.33 bits per heavy atom. The van der Waals surface area contributed by atoms with Crippen molar-refractivity contribution in [3.8, 4) is 0 Å². The van der Waals surface area contributed by atoms with Crippen molar-refractivity contribution < 1.29 is 9.53 Å². The average molecular weight is 206 g/mol. The predicted molar refractivity (Wildman–Crippen MR) is 61.2 cm³/mol. The quantitative estimate of drug-likeness (QED) is 0.692. The molecule has 2 nitrogen and oxygen atoms in total. The molecule has 1 atom stereocenters. The first-order valence-electron chi connectivity index (χ1n) is 5.26. The van der Waals surface area contributed by atoms with Gasteiger partial charge in [-0.05, 0) is 32.3 Å². The maximum absolute atomic E-state index is 11.0. The van der Waals surface area contributed by atoms with Crippen molar-refractivity contribution in [2.24, 2.45) is 0 Å². The summed E-state index contributed by atoms with van der Waals surface area (Å²) in [6.45, 7) is 3.64. The minimum atomic E-state index is 0.117. The van der Waals surface area contributed by atoms with E-state index in [1.54, 1.807) is 14.0 Å². The number of Topliss-reactive ketones (excluding diaryl/α,β-unsaturated/α-hetero) is 1. The highest BCUT2D eigenvalue weighted by Crippen LogP contribution is 2.09. The molecule has 82 valence electrons. The van der Waals surface area contributed by atoms with Crippen LogP contribution < -0.4 is 0 Å². The Labute approximate surface area is 91.3 Å². The van der Waals surface area contributed by atoms with E-state index < -0.39 is 0 Å². The van der Waals surface area contributed by atoms with E-state index in [0.29, 0.717) is 0 Å². The number of ether oxygens (including phenoxy) is 1. The van der Waals surface area contributed by atoms with Gasteiger partial charge in [-0.3, -0.25) is 4.79 Å².